The molecule has 21 heavy (non-hydrogen) atoms. The summed E-state index contributed by atoms with van der Waals surface area (Å²) in [5, 5.41) is 0.996. The Bertz CT molecular complexity index is 694. The number of rotatable bonds is 1. The summed E-state index contributed by atoms with van der Waals surface area (Å²) in [5.41, 5.74) is 2.52. The molecule has 0 bridgehead atoms. The molecule has 0 amide bonds. The van der Waals surface area contributed by atoms with Gasteiger partial charge in [0, 0.05) is 37.0 Å². The normalized spacial score (nSPS) is 23.1. The SMILES string of the molecule is Cc1coc2cc3c(cc12)C(=O)CC(C1CCOCC1)O3. The van der Waals surface area contributed by atoms with Crippen LogP contribution < -0.4 is 4.74 Å². The van der Waals surface area contributed by atoms with E-state index in [0.29, 0.717) is 23.7 Å². The van der Waals surface area contributed by atoms with Crippen LogP contribution in [0.5, 0.6) is 5.75 Å². The second-order valence-corrected chi connectivity index (χ2v) is 6.00. The second kappa shape index (κ2) is 4.88. The molecule has 1 atom stereocenters. The molecule has 4 rings (SSSR count). The average molecular weight is 286 g/mol. The van der Waals surface area contributed by atoms with Crippen LogP contribution in [0.1, 0.15) is 35.2 Å². The number of ether oxygens (including phenoxy) is 2. The minimum absolute atomic E-state index is 0.0255. The van der Waals surface area contributed by atoms with Crippen molar-refractivity contribution in [3.8, 4) is 5.75 Å². The number of Topliss-reactive ketones (excluding diaryl/α,β-unsaturated/α-hetero) is 1. The molecule has 1 unspecified atom stereocenters. The van der Waals surface area contributed by atoms with Crippen molar-refractivity contribution in [2.24, 2.45) is 5.92 Å². The Balaban J connectivity index is 1.70. The molecule has 2 aliphatic rings. The molecule has 0 radical (unpaired) electrons. The van der Waals surface area contributed by atoms with E-state index in [1.807, 2.05) is 19.1 Å². The fourth-order valence-corrected chi connectivity index (χ4v) is 3.35. The van der Waals surface area contributed by atoms with Gasteiger partial charge >= 0.3 is 0 Å². The van der Waals surface area contributed by atoms with Crippen LogP contribution in [-0.2, 0) is 4.74 Å². The van der Waals surface area contributed by atoms with Crippen molar-refractivity contribution in [3.63, 3.8) is 0 Å². The lowest BCUT2D eigenvalue weighted by Crippen LogP contribution is -2.36. The van der Waals surface area contributed by atoms with Gasteiger partial charge in [0.25, 0.3) is 0 Å². The monoisotopic (exact) mass is 286 g/mol. The van der Waals surface area contributed by atoms with Crippen LogP contribution in [0.3, 0.4) is 0 Å². The van der Waals surface area contributed by atoms with Gasteiger partial charge in [0.2, 0.25) is 0 Å². The van der Waals surface area contributed by atoms with Crippen molar-refractivity contribution in [3.05, 3.63) is 29.5 Å². The van der Waals surface area contributed by atoms with Gasteiger partial charge in [-0.05, 0) is 31.4 Å². The third kappa shape index (κ3) is 2.14. The fourth-order valence-electron chi connectivity index (χ4n) is 3.35. The average Bonchev–Trinajstić information content (AvgIpc) is 2.87. The predicted octanol–water partition coefficient (Wildman–Crippen LogP) is 3.50. The maximum absolute atomic E-state index is 12.5. The van der Waals surface area contributed by atoms with E-state index in [9.17, 15) is 4.79 Å². The highest BCUT2D eigenvalue weighted by molar-refractivity contribution is 6.03. The number of benzene rings is 1. The van der Waals surface area contributed by atoms with Crippen molar-refractivity contribution in [2.75, 3.05) is 13.2 Å². The summed E-state index contributed by atoms with van der Waals surface area (Å²) in [5.74, 6) is 1.25. The molecule has 1 fully saturated rings. The van der Waals surface area contributed by atoms with E-state index in [1.165, 1.54) is 0 Å². The molecule has 2 aromatic rings. The Hall–Kier alpha value is -1.81. The zero-order chi connectivity index (χ0) is 14.4. The lowest BCUT2D eigenvalue weighted by atomic mass is 9.87. The van der Waals surface area contributed by atoms with E-state index in [2.05, 4.69) is 0 Å². The van der Waals surface area contributed by atoms with Crippen LogP contribution in [0, 0.1) is 12.8 Å². The van der Waals surface area contributed by atoms with E-state index in [0.717, 1.165) is 42.6 Å². The topological polar surface area (TPSA) is 48.7 Å². The maximum Gasteiger partial charge on any atom is 0.170 e. The predicted molar refractivity (Wildman–Crippen MR) is 77.9 cm³/mol. The largest absolute Gasteiger partial charge is 0.489 e. The number of aryl methyl sites for hydroxylation is 1. The van der Waals surface area contributed by atoms with Crippen molar-refractivity contribution >= 4 is 16.8 Å². The number of ketones is 1. The molecule has 0 saturated carbocycles. The first kappa shape index (κ1) is 12.9. The Kier molecular flexibility index (Phi) is 3.00. The highest BCUT2D eigenvalue weighted by atomic mass is 16.5. The van der Waals surface area contributed by atoms with Crippen molar-refractivity contribution < 1.29 is 18.7 Å². The molecular formula is C17H18O4. The van der Waals surface area contributed by atoms with Gasteiger partial charge in [-0.25, -0.2) is 0 Å². The molecule has 4 nitrogen and oxygen atoms in total. The maximum atomic E-state index is 12.5. The van der Waals surface area contributed by atoms with Gasteiger partial charge in [-0.3, -0.25) is 4.79 Å². The Morgan fingerprint density at radius 2 is 2.00 bits per heavy atom. The van der Waals surface area contributed by atoms with Gasteiger partial charge in [-0.2, -0.15) is 0 Å². The van der Waals surface area contributed by atoms with Gasteiger partial charge < -0.3 is 13.9 Å². The minimum atomic E-state index is -0.0255. The van der Waals surface area contributed by atoms with Crippen LogP contribution in [0.25, 0.3) is 11.0 Å². The summed E-state index contributed by atoms with van der Waals surface area (Å²) < 4.78 is 17.0. The fraction of sp³-hybridized carbons (Fsp3) is 0.471. The molecule has 3 heterocycles. The molecule has 1 aromatic heterocycles. The third-order valence-corrected chi connectivity index (χ3v) is 4.63. The number of carbonyl (C=O) groups is 1. The summed E-state index contributed by atoms with van der Waals surface area (Å²) >= 11 is 0. The van der Waals surface area contributed by atoms with Gasteiger partial charge in [0.15, 0.2) is 5.78 Å². The number of hydrogen-bond acceptors (Lipinski definition) is 4. The first-order chi connectivity index (χ1) is 10.2. The number of fused-ring (bicyclic) bond motifs is 2. The van der Waals surface area contributed by atoms with Gasteiger partial charge in [0.05, 0.1) is 11.8 Å². The number of furan rings is 1. The van der Waals surface area contributed by atoms with E-state index < -0.39 is 0 Å². The van der Waals surface area contributed by atoms with Crippen LogP contribution in [0.15, 0.2) is 22.8 Å². The third-order valence-electron chi connectivity index (χ3n) is 4.63. The molecule has 0 spiro atoms. The molecule has 1 saturated heterocycles. The van der Waals surface area contributed by atoms with Crippen LogP contribution in [0.2, 0.25) is 0 Å². The van der Waals surface area contributed by atoms with E-state index in [-0.39, 0.29) is 11.9 Å². The van der Waals surface area contributed by atoms with Crippen LogP contribution in [-0.4, -0.2) is 25.1 Å². The van der Waals surface area contributed by atoms with Crippen molar-refractivity contribution in [1.29, 1.82) is 0 Å². The second-order valence-electron chi connectivity index (χ2n) is 6.00. The highest BCUT2D eigenvalue weighted by Gasteiger charge is 2.33. The zero-order valence-corrected chi connectivity index (χ0v) is 12.1. The molecule has 0 N–H and O–H groups in total. The lowest BCUT2D eigenvalue weighted by Gasteiger charge is -2.33. The minimum Gasteiger partial charge on any atom is -0.489 e. The van der Waals surface area contributed by atoms with Crippen molar-refractivity contribution in [2.45, 2.75) is 32.3 Å². The number of carbonyl (C=O) groups excluding carboxylic acids is 1. The lowest BCUT2D eigenvalue weighted by molar-refractivity contribution is 0.0120. The zero-order valence-electron chi connectivity index (χ0n) is 12.1. The molecular weight excluding hydrogens is 268 g/mol. The number of hydrogen-bond donors (Lipinski definition) is 0. The first-order valence-corrected chi connectivity index (χ1v) is 7.52. The van der Waals surface area contributed by atoms with Gasteiger partial charge in [-0.15, -0.1) is 0 Å². The van der Waals surface area contributed by atoms with Crippen LogP contribution >= 0.6 is 0 Å². The summed E-state index contributed by atoms with van der Waals surface area (Å²) in [6, 6.07) is 3.77. The summed E-state index contributed by atoms with van der Waals surface area (Å²) in [6.45, 7) is 3.52. The van der Waals surface area contributed by atoms with Gasteiger partial charge in [0.1, 0.15) is 17.4 Å². The summed E-state index contributed by atoms with van der Waals surface area (Å²) in [6.07, 6.45) is 4.10. The standard InChI is InChI=1S/C17H18O4/c1-10-9-20-16-8-17-13(6-12(10)16)14(18)7-15(21-17)11-2-4-19-5-3-11/h6,8-9,11,15H,2-5,7H2,1H3. The Morgan fingerprint density at radius 3 is 2.81 bits per heavy atom. The molecule has 110 valence electrons. The van der Waals surface area contributed by atoms with E-state index >= 15 is 0 Å². The molecule has 4 heteroatoms. The highest BCUT2D eigenvalue weighted by Crippen LogP contribution is 2.37. The molecule has 1 aromatic carbocycles. The first-order valence-electron chi connectivity index (χ1n) is 7.52. The van der Waals surface area contributed by atoms with Crippen molar-refractivity contribution in [1.82, 2.24) is 0 Å². The quantitative estimate of drug-likeness (QED) is 0.805. The van der Waals surface area contributed by atoms with Crippen LogP contribution in [0.4, 0.5) is 0 Å². The van der Waals surface area contributed by atoms with E-state index in [1.54, 1.807) is 6.26 Å². The summed E-state index contributed by atoms with van der Waals surface area (Å²) in [7, 11) is 0. The van der Waals surface area contributed by atoms with E-state index in [4.69, 9.17) is 13.9 Å². The van der Waals surface area contributed by atoms with Gasteiger partial charge in [-0.1, -0.05) is 0 Å². The summed E-state index contributed by atoms with van der Waals surface area (Å²) in [4.78, 5) is 12.5. The Labute approximate surface area is 123 Å². The Morgan fingerprint density at radius 1 is 1.19 bits per heavy atom. The molecule has 2 aliphatic heterocycles. The molecule has 0 aliphatic carbocycles. The smallest absolute Gasteiger partial charge is 0.170 e.